The molecule has 0 radical (unpaired) electrons. The molecule has 0 saturated carbocycles. The Bertz CT molecular complexity index is 703. The molecule has 0 amide bonds. The molecule has 0 aliphatic carbocycles. The predicted octanol–water partition coefficient (Wildman–Crippen LogP) is 3.60. The smallest absolute Gasteiger partial charge is 0.141 e. The molecule has 0 aliphatic heterocycles. The van der Waals surface area contributed by atoms with Crippen molar-refractivity contribution in [3.8, 4) is 0 Å². The first kappa shape index (κ1) is 13.0. The van der Waals surface area contributed by atoms with Crippen molar-refractivity contribution in [1.82, 2.24) is 15.0 Å². The lowest BCUT2D eigenvalue weighted by Crippen LogP contribution is -2.00. The van der Waals surface area contributed by atoms with Crippen LogP contribution < -0.4 is 5.32 Å². The van der Waals surface area contributed by atoms with E-state index in [-0.39, 0.29) is 0 Å². The molecule has 3 rings (SSSR count). The van der Waals surface area contributed by atoms with Crippen molar-refractivity contribution in [3.05, 3.63) is 47.9 Å². The summed E-state index contributed by atoms with van der Waals surface area (Å²) in [4.78, 5) is 12.3. The third-order valence-electron chi connectivity index (χ3n) is 3.02. The molecule has 2 heterocycles. The van der Waals surface area contributed by atoms with E-state index in [1.54, 1.807) is 11.8 Å². The Balaban J connectivity index is 1.77. The van der Waals surface area contributed by atoms with E-state index in [2.05, 4.69) is 38.5 Å². The van der Waals surface area contributed by atoms with Crippen LogP contribution >= 0.6 is 11.8 Å². The summed E-state index contributed by atoms with van der Waals surface area (Å²) in [6, 6.07) is 12.4. The second-order valence-electron chi connectivity index (χ2n) is 4.57. The highest BCUT2D eigenvalue weighted by Crippen LogP contribution is 2.25. The number of hydrogen-bond acceptors (Lipinski definition) is 4. The average molecular weight is 284 g/mol. The first-order valence-electron chi connectivity index (χ1n) is 6.47. The van der Waals surface area contributed by atoms with Gasteiger partial charge in [-0.3, -0.25) is 0 Å². The Kier molecular flexibility index (Phi) is 3.60. The molecule has 0 fully saturated rings. The summed E-state index contributed by atoms with van der Waals surface area (Å²) >= 11 is 1.72. The van der Waals surface area contributed by atoms with Gasteiger partial charge in [0.25, 0.3) is 0 Å². The number of anilines is 1. The molecule has 5 heteroatoms. The van der Waals surface area contributed by atoms with Crippen molar-refractivity contribution in [2.24, 2.45) is 0 Å². The number of hydrogen-bond donors (Lipinski definition) is 2. The molecular formula is C15H16N4S. The highest BCUT2D eigenvalue weighted by Gasteiger charge is 2.05. The highest BCUT2D eigenvalue weighted by molar-refractivity contribution is 7.98. The number of fused-ring (bicyclic) bond motifs is 1. The van der Waals surface area contributed by atoms with Crippen LogP contribution in [0.5, 0.6) is 0 Å². The molecule has 0 unspecified atom stereocenters. The summed E-state index contributed by atoms with van der Waals surface area (Å²) < 4.78 is 0. The molecule has 2 N–H and O–H groups in total. The van der Waals surface area contributed by atoms with Gasteiger partial charge in [-0.25, -0.2) is 9.97 Å². The van der Waals surface area contributed by atoms with Gasteiger partial charge in [0.1, 0.15) is 11.6 Å². The van der Waals surface area contributed by atoms with E-state index in [4.69, 9.17) is 0 Å². The number of aromatic nitrogens is 3. The SMILES string of the molecule is CNc1cc(C)nc(CSc2cc3ccccc3[nH]2)n1. The van der Waals surface area contributed by atoms with Crippen molar-refractivity contribution in [2.75, 3.05) is 12.4 Å². The van der Waals surface area contributed by atoms with E-state index >= 15 is 0 Å². The van der Waals surface area contributed by atoms with Crippen LogP contribution in [0.3, 0.4) is 0 Å². The maximum Gasteiger partial charge on any atom is 0.141 e. The maximum atomic E-state index is 4.46. The van der Waals surface area contributed by atoms with Crippen molar-refractivity contribution in [2.45, 2.75) is 17.7 Å². The van der Waals surface area contributed by atoms with Crippen molar-refractivity contribution < 1.29 is 0 Å². The summed E-state index contributed by atoms with van der Waals surface area (Å²) in [7, 11) is 1.87. The molecule has 20 heavy (non-hydrogen) atoms. The number of rotatable bonds is 4. The molecular weight excluding hydrogens is 268 g/mol. The Hall–Kier alpha value is -2.01. The maximum absolute atomic E-state index is 4.46. The molecule has 2 aromatic heterocycles. The standard InChI is InChI=1S/C15H16N4S/c1-10-7-13(16-2)19-14(17-10)9-20-15-8-11-5-3-4-6-12(11)18-15/h3-8,18H,9H2,1-2H3,(H,16,17,19). The van der Waals surface area contributed by atoms with Crippen molar-refractivity contribution in [1.29, 1.82) is 0 Å². The third-order valence-corrected chi connectivity index (χ3v) is 3.95. The monoisotopic (exact) mass is 284 g/mol. The van der Waals surface area contributed by atoms with Crippen LogP contribution in [0.15, 0.2) is 41.4 Å². The van der Waals surface area contributed by atoms with E-state index in [0.717, 1.165) is 33.6 Å². The minimum atomic E-state index is 0.753. The summed E-state index contributed by atoms with van der Waals surface area (Å²) in [5.41, 5.74) is 2.15. The van der Waals surface area contributed by atoms with Crippen LogP contribution in [-0.4, -0.2) is 22.0 Å². The Morgan fingerprint density at radius 3 is 2.85 bits per heavy atom. The molecule has 0 atom stereocenters. The minimum absolute atomic E-state index is 0.753. The van der Waals surface area contributed by atoms with Crippen LogP contribution in [0.1, 0.15) is 11.5 Å². The largest absolute Gasteiger partial charge is 0.373 e. The molecule has 3 aromatic rings. The van der Waals surface area contributed by atoms with Crippen LogP contribution in [0.4, 0.5) is 5.82 Å². The van der Waals surface area contributed by atoms with Gasteiger partial charge in [-0.15, -0.1) is 11.8 Å². The first-order chi connectivity index (χ1) is 9.74. The van der Waals surface area contributed by atoms with E-state index < -0.39 is 0 Å². The van der Waals surface area contributed by atoms with Gasteiger partial charge in [0.15, 0.2) is 0 Å². The third kappa shape index (κ3) is 2.77. The molecule has 0 aliphatic rings. The van der Waals surface area contributed by atoms with E-state index in [0.29, 0.717) is 0 Å². The number of aromatic amines is 1. The lowest BCUT2D eigenvalue weighted by Gasteiger charge is -2.04. The van der Waals surface area contributed by atoms with Gasteiger partial charge in [-0.05, 0) is 19.1 Å². The Morgan fingerprint density at radius 2 is 2.05 bits per heavy atom. The van der Waals surface area contributed by atoms with Gasteiger partial charge in [0.05, 0.1) is 10.8 Å². The van der Waals surface area contributed by atoms with Gasteiger partial charge < -0.3 is 10.3 Å². The van der Waals surface area contributed by atoms with Gasteiger partial charge in [0, 0.05) is 29.7 Å². The van der Waals surface area contributed by atoms with Crippen LogP contribution in [0.2, 0.25) is 0 Å². The zero-order chi connectivity index (χ0) is 13.9. The predicted molar refractivity (Wildman–Crippen MR) is 84.2 cm³/mol. The summed E-state index contributed by atoms with van der Waals surface area (Å²) in [6.07, 6.45) is 0. The summed E-state index contributed by atoms with van der Waals surface area (Å²) in [5, 5.41) is 5.43. The fraction of sp³-hybridized carbons (Fsp3) is 0.200. The second kappa shape index (κ2) is 5.54. The molecule has 0 saturated heterocycles. The molecule has 102 valence electrons. The molecule has 4 nitrogen and oxygen atoms in total. The average Bonchev–Trinajstić information content (AvgIpc) is 2.87. The fourth-order valence-corrected chi connectivity index (χ4v) is 2.90. The molecule has 0 bridgehead atoms. The van der Waals surface area contributed by atoms with E-state index in [1.165, 1.54) is 5.39 Å². The highest BCUT2D eigenvalue weighted by atomic mass is 32.2. The van der Waals surface area contributed by atoms with Crippen molar-refractivity contribution in [3.63, 3.8) is 0 Å². The fourth-order valence-electron chi connectivity index (χ4n) is 2.09. The second-order valence-corrected chi connectivity index (χ2v) is 5.59. The van der Waals surface area contributed by atoms with Crippen LogP contribution in [0.25, 0.3) is 10.9 Å². The summed E-state index contributed by atoms with van der Waals surface area (Å²) in [5.74, 6) is 2.46. The number of nitrogens with zero attached hydrogens (tertiary/aromatic N) is 2. The number of benzene rings is 1. The molecule has 1 aromatic carbocycles. The Labute approximate surface area is 122 Å². The number of nitrogens with one attached hydrogen (secondary N) is 2. The lowest BCUT2D eigenvalue weighted by molar-refractivity contribution is 0.995. The van der Waals surface area contributed by atoms with E-state index in [1.807, 2.05) is 32.2 Å². The Morgan fingerprint density at radius 1 is 1.20 bits per heavy atom. The minimum Gasteiger partial charge on any atom is -0.373 e. The first-order valence-corrected chi connectivity index (χ1v) is 7.46. The normalized spacial score (nSPS) is 10.9. The number of thioether (sulfide) groups is 1. The number of H-pyrrole nitrogens is 1. The zero-order valence-corrected chi connectivity index (χ0v) is 12.3. The van der Waals surface area contributed by atoms with Crippen LogP contribution in [-0.2, 0) is 5.75 Å². The molecule has 0 spiro atoms. The quantitative estimate of drug-likeness (QED) is 0.719. The number of aryl methyl sites for hydroxylation is 1. The van der Waals surface area contributed by atoms with Gasteiger partial charge >= 0.3 is 0 Å². The van der Waals surface area contributed by atoms with Gasteiger partial charge in [0.2, 0.25) is 0 Å². The van der Waals surface area contributed by atoms with Crippen molar-refractivity contribution >= 4 is 28.5 Å². The van der Waals surface area contributed by atoms with E-state index in [9.17, 15) is 0 Å². The summed E-state index contributed by atoms with van der Waals surface area (Å²) in [6.45, 7) is 1.99. The zero-order valence-electron chi connectivity index (χ0n) is 11.5. The topological polar surface area (TPSA) is 53.6 Å². The van der Waals surface area contributed by atoms with Gasteiger partial charge in [-0.2, -0.15) is 0 Å². The number of para-hydroxylation sites is 1. The van der Waals surface area contributed by atoms with Gasteiger partial charge in [-0.1, -0.05) is 18.2 Å². The van der Waals surface area contributed by atoms with Crippen LogP contribution in [0, 0.1) is 6.92 Å². The lowest BCUT2D eigenvalue weighted by atomic mass is 10.3.